The fourth-order valence-electron chi connectivity index (χ4n) is 1.72. The summed E-state index contributed by atoms with van der Waals surface area (Å²) >= 11 is 0. The van der Waals surface area contributed by atoms with Crippen LogP contribution in [0.2, 0.25) is 0 Å². The molecular formula is C12H19N3O3S. The van der Waals surface area contributed by atoms with Crippen LogP contribution in [0, 0.1) is 13.8 Å². The van der Waals surface area contributed by atoms with Crippen molar-refractivity contribution in [1.82, 2.24) is 4.72 Å². The zero-order valence-electron chi connectivity index (χ0n) is 11.2. The van der Waals surface area contributed by atoms with Crippen LogP contribution >= 0.6 is 0 Å². The van der Waals surface area contributed by atoms with Gasteiger partial charge in [0.1, 0.15) is 5.84 Å². The Morgan fingerprint density at radius 3 is 2.68 bits per heavy atom. The lowest BCUT2D eigenvalue weighted by Gasteiger charge is -2.15. The molecule has 0 heterocycles. The van der Waals surface area contributed by atoms with Gasteiger partial charge in [0.15, 0.2) is 0 Å². The van der Waals surface area contributed by atoms with Gasteiger partial charge in [-0.25, -0.2) is 13.1 Å². The first kappa shape index (κ1) is 15.5. The van der Waals surface area contributed by atoms with E-state index in [1.165, 1.54) is 0 Å². The van der Waals surface area contributed by atoms with Gasteiger partial charge in [0, 0.05) is 12.5 Å². The summed E-state index contributed by atoms with van der Waals surface area (Å²) in [6, 6.07) is 4.78. The number of benzene rings is 1. The summed E-state index contributed by atoms with van der Waals surface area (Å²) in [6.45, 7) is 5.22. The number of sulfonamides is 1. The number of nitrogens with two attached hydrogens (primary N) is 1. The van der Waals surface area contributed by atoms with Crippen molar-refractivity contribution in [1.29, 1.82) is 0 Å². The number of rotatable bonds is 5. The topological polar surface area (TPSA) is 105 Å². The number of hydrogen-bond acceptors (Lipinski definition) is 4. The second kappa shape index (κ2) is 6.03. The smallest absolute Gasteiger partial charge is 0.241 e. The molecule has 0 saturated carbocycles. The van der Waals surface area contributed by atoms with E-state index in [2.05, 4.69) is 9.88 Å². The van der Waals surface area contributed by atoms with Crippen LogP contribution in [0.5, 0.6) is 0 Å². The van der Waals surface area contributed by atoms with Gasteiger partial charge >= 0.3 is 0 Å². The second-order valence-corrected chi connectivity index (χ2v) is 6.27. The van der Waals surface area contributed by atoms with Gasteiger partial charge in [0.2, 0.25) is 10.0 Å². The predicted octanol–water partition coefficient (Wildman–Crippen LogP) is 1.11. The van der Waals surface area contributed by atoms with Gasteiger partial charge < -0.3 is 10.9 Å². The minimum atomic E-state index is -3.61. The molecular weight excluding hydrogens is 266 g/mol. The molecule has 1 rings (SSSR count). The van der Waals surface area contributed by atoms with E-state index in [4.69, 9.17) is 10.9 Å². The van der Waals surface area contributed by atoms with E-state index >= 15 is 0 Å². The molecule has 0 aliphatic carbocycles. The first-order valence-corrected chi connectivity index (χ1v) is 7.30. The Bertz CT molecular complexity index is 582. The monoisotopic (exact) mass is 285 g/mol. The molecule has 4 N–H and O–H groups in total. The molecule has 0 bridgehead atoms. The van der Waals surface area contributed by atoms with E-state index in [-0.39, 0.29) is 17.2 Å². The van der Waals surface area contributed by atoms with Crippen LogP contribution in [0.1, 0.15) is 24.5 Å². The molecule has 1 atom stereocenters. The van der Waals surface area contributed by atoms with Crippen molar-refractivity contribution in [3.63, 3.8) is 0 Å². The van der Waals surface area contributed by atoms with Crippen molar-refractivity contribution in [3.8, 4) is 0 Å². The number of amidine groups is 1. The number of aryl methyl sites for hydroxylation is 2. The molecule has 1 aromatic carbocycles. The maximum absolute atomic E-state index is 12.2. The molecule has 6 nitrogen and oxygen atoms in total. The summed E-state index contributed by atoms with van der Waals surface area (Å²) in [5.74, 6) is -0.0174. The Morgan fingerprint density at radius 1 is 1.47 bits per heavy atom. The normalized spacial score (nSPS) is 14.4. The number of oxime groups is 1. The maximum Gasteiger partial charge on any atom is 0.241 e. The molecule has 1 unspecified atom stereocenters. The lowest BCUT2D eigenvalue weighted by atomic mass is 10.2. The van der Waals surface area contributed by atoms with Crippen molar-refractivity contribution in [2.24, 2.45) is 10.9 Å². The van der Waals surface area contributed by atoms with Gasteiger partial charge in [-0.1, -0.05) is 17.3 Å². The number of hydrogen-bond donors (Lipinski definition) is 3. The Labute approximate surface area is 113 Å². The highest BCUT2D eigenvalue weighted by atomic mass is 32.2. The Kier molecular flexibility index (Phi) is 4.90. The maximum atomic E-state index is 12.2. The van der Waals surface area contributed by atoms with Gasteiger partial charge in [-0.3, -0.25) is 0 Å². The van der Waals surface area contributed by atoms with E-state index in [1.54, 1.807) is 26.0 Å². The quantitative estimate of drug-likeness (QED) is 0.326. The predicted molar refractivity (Wildman–Crippen MR) is 73.7 cm³/mol. The summed E-state index contributed by atoms with van der Waals surface area (Å²) < 4.78 is 27.0. The van der Waals surface area contributed by atoms with Crippen molar-refractivity contribution in [2.45, 2.75) is 38.1 Å². The molecule has 0 fully saturated rings. The Hall–Kier alpha value is -1.60. The summed E-state index contributed by atoms with van der Waals surface area (Å²) in [7, 11) is -3.61. The van der Waals surface area contributed by atoms with Gasteiger partial charge in [0.05, 0.1) is 4.90 Å². The lowest BCUT2D eigenvalue weighted by Crippen LogP contribution is -2.36. The van der Waals surface area contributed by atoms with E-state index in [0.717, 1.165) is 5.56 Å². The van der Waals surface area contributed by atoms with Crippen LogP contribution < -0.4 is 10.5 Å². The molecule has 0 aliphatic rings. The molecule has 106 valence electrons. The molecule has 7 heteroatoms. The third kappa shape index (κ3) is 4.22. The van der Waals surface area contributed by atoms with E-state index in [9.17, 15) is 8.42 Å². The van der Waals surface area contributed by atoms with E-state index < -0.39 is 16.1 Å². The van der Waals surface area contributed by atoms with Gasteiger partial charge in [-0.2, -0.15) is 0 Å². The largest absolute Gasteiger partial charge is 0.409 e. The minimum Gasteiger partial charge on any atom is -0.409 e. The highest BCUT2D eigenvalue weighted by molar-refractivity contribution is 7.89. The van der Waals surface area contributed by atoms with Crippen molar-refractivity contribution in [2.75, 3.05) is 0 Å². The average Bonchev–Trinajstić information content (AvgIpc) is 2.31. The zero-order valence-corrected chi connectivity index (χ0v) is 12.0. The van der Waals surface area contributed by atoms with Gasteiger partial charge in [-0.05, 0) is 38.0 Å². The fraction of sp³-hybridized carbons (Fsp3) is 0.417. The Balaban J connectivity index is 2.95. The second-order valence-electron chi connectivity index (χ2n) is 4.59. The first-order chi connectivity index (χ1) is 8.76. The fourth-order valence-corrected chi connectivity index (χ4v) is 3.29. The summed E-state index contributed by atoms with van der Waals surface area (Å²) in [5.41, 5.74) is 6.90. The zero-order chi connectivity index (χ0) is 14.6. The number of nitrogens with one attached hydrogen (secondary N) is 1. The molecule has 0 saturated heterocycles. The number of nitrogens with zero attached hydrogens (tertiary/aromatic N) is 1. The summed E-state index contributed by atoms with van der Waals surface area (Å²) in [5, 5.41) is 11.3. The van der Waals surface area contributed by atoms with Crippen LogP contribution in [0.15, 0.2) is 28.3 Å². The van der Waals surface area contributed by atoms with Crippen molar-refractivity contribution < 1.29 is 13.6 Å². The standard InChI is InChI=1S/C12H19N3O3S/c1-8-4-5-9(2)11(6-8)19(17,18)15-10(3)7-12(13)14-16/h4-6,10,15-16H,7H2,1-3H3,(H2,13,14). The third-order valence-corrected chi connectivity index (χ3v) is 4.36. The van der Waals surface area contributed by atoms with Crippen molar-refractivity contribution in [3.05, 3.63) is 29.3 Å². The summed E-state index contributed by atoms with van der Waals surface area (Å²) in [6.07, 6.45) is 0.139. The van der Waals surface area contributed by atoms with Crippen LogP contribution in [0.25, 0.3) is 0 Å². The molecule has 1 aromatic rings. The minimum absolute atomic E-state index is 0.0174. The van der Waals surface area contributed by atoms with E-state index in [0.29, 0.717) is 5.56 Å². The SMILES string of the molecule is Cc1ccc(C)c(S(=O)(=O)NC(C)CC(N)=NO)c1. The van der Waals surface area contributed by atoms with E-state index in [1.807, 2.05) is 13.0 Å². The van der Waals surface area contributed by atoms with Gasteiger partial charge in [0.25, 0.3) is 0 Å². The van der Waals surface area contributed by atoms with Gasteiger partial charge in [-0.15, -0.1) is 0 Å². The van der Waals surface area contributed by atoms with Crippen LogP contribution in [-0.2, 0) is 10.0 Å². The Morgan fingerprint density at radius 2 is 2.11 bits per heavy atom. The van der Waals surface area contributed by atoms with Crippen molar-refractivity contribution >= 4 is 15.9 Å². The highest BCUT2D eigenvalue weighted by Gasteiger charge is 2.20. The third-order valence-electron chi connectivity index (χ3n) is 2.63. The molecule has 0 amide bonds. The highest BCUT2D eigenvalue weighted by Crippen LogP contribution is 2.17. The van der Waals surface area contributed by atoms with Crippen LogP contribution in [0.4, 0.5) is 0 Å². The molecule has 0 aromatic heterocycles. The molecule has 0 aliphatic heterocycles. The first-order valence-electron chi connectivity index (χ1n) is 5.82. The molecule has 0 spiro atoms. The molecule has 0 radical (unpaired) electrons. The summed E-state index contributed by atoms with van der Waals surface area (Å²) in [4.78, 5) is 0.249. The average molecular weight is 285 g/mol. The lowest BCUT2D eigenvalue weighted by molar-refractivity contribution is 0.316. The van der Waals surface area contributed by atoms with Crippen LogP contribution in [-0.4, -0.2) is 25.5 Å². The van der Waals surface area contributed by atoms with Crippen LogP contribution in [0.3, 0.4) is 0 Å². The molecule has 19 heavy (non-hydrogen) atoms.